The number of hydroxylamine groups is 2. The molecule has 0 spiro atoms. The summed E-state index contributed by atoms with van der Waals surface area (Å²) in [5.41, 5.74) is -1.10. The van der Waals surface area contributed by atoms with Crippen molar-refractivity contribution in [1.29, 1.82) is 5.26 Å². The predicted octanol–water partition coefficient (Wildman–Crippen LogP) is 2.53. The molecule has 0 aliphatic carbocycles. The summed E-state index contributed by atoms with van der Waals surface area (Å²) in [6.07, 6.45) is 2.17. The van der Waals surface area contributed by atoms with Gasteiger partial charge in [0.25, 0.3) is 14.1 Å². The summed E-state index contributed by atoms with van der Waals surface area (Å²) in [5.74, 6) is 0. The lowest BCUT2D eigenvalue weighted by Gasteiger charge is -2.38. The van der Waals surface area contributed by atoms with Crippen LogP contribution in [0.4, 0.5) is 0 Å². The Bertz CT molecular complexity index is 983. The second kappa shape index (κ2) is 14.5. The summed E-state index contributed by atoms with van der Waals surface area (Å²) < 4.78 is 28.3. The van der Waals surface area contributed by atoms with Gasteiger partial charge in [0.05, 0.1) is 25.7 Å². The first-order valence-electron chi connectivity index (χ1n) is 12.9. The van der Waals surface area contributed by atoms with E-state index >= 15 is 0 Å². The fraction of sp³-hybridized carbons (Fsp3) is 0.792. The molecule has 0 radical (unpaired) electrons. The Balaban J connectivity index is 1.90. The molecule has 1 N–H and O–H groups in total. The number of piperidine rings is 1. The molecule has 208 valence electrons. The zero-order valence-corrected chi connectivity index (χ0v) is 23.3. The number of nitrogens with one attached hydrogen (secondary N) is 1. The first-order valence-corrected chi connectivity index (χ1v) is 14.0. The minimum absolute atomic E-state index is 0.108. The molecule has 2 saturated heterocycles. The van der Waals surface area contributed by atoms with Crippen molar-refractivity contribution in [3.8, 4) is 6.07 Å². The van der Waals surface area contributed by atoms with Crippen LogP contribution in [0, 0.1) is 11.3 Å². The summed E-state index contributed by atoms with van der Waals surface area (Å²) in [7, 11) is -0.0715. The van der Waals surface area contributed by atoms with Crippen molar-refractivity contribution in [3.63, 3.8) is 0 Å². The Morgan fingerprint density at radius 2 is 1.89 bits per heavy atom. The molecule has 1 aromatic rings. The van der Waals surface area contributed by atoms with Crippen molar-refractivity contribution in [2.24, 2.45) is 0 Å². The smallest absolute Gasteiger partial charge is 0.330 e. The standard InChI is InChI=1S/C24H40N5O7P/c1-17(2)29(18(3)4)37(34-15-9-11-25)36-21-19(16-33-27-12-7-6-8-13-27)35-23(22(21)32-5)28-14-10-20(30)26-24(28)31/h10,14,17-19,21-23H,6-9,12-13,15-16H2,1-5H3,(H,26,30,31)/t19-,21?,22+,23-,37?/m1/s1. The van der Waals surface area contributed by atoms with Crippen LogP contribution in [-0.4, -0.2) is 83.1 Å². The van der Waals surface area contributed by atoms with Crippen LogP contribution in [0.15, 0.2) is 21.9 Å². The van der Waals surface area contributed by atoms with E-state index in [9.17, 15) is 9.59 Å². The number of aromatic nitrogens is 2. The van der Waals surface area contributed by atoms with Gasteiger partial charge in [-0.3, -0.25) is 19.2 Å². The van der Waals surface area contributed by atoms with Gasteiger partial charge < -0.3 is 18.5 Å². The number of hydrogen-bond donors (Lipinski definition) is 1. The highest BCUT2D eigenvalue weighted by Gasteiger charge is 2.50. The van der Waals surface area contributed by atoms with Crippen molar-refractivity contribution < 1.29 is 23.4 Å². The van der Waals surface area contributed by atoms with E-state index in [0.29, 0.717) is 0 Å². The van der Waals surface area contributed by atoms with Gasteiger partial charge in [-0.05, 0) is 40.5 Å². The lowest BCUT2D eigenvalue weighted by molar-refractivity contribution is -0.199. The minimum atomic E-state index is -1.60. The van der Waals surface area contributed by atoms with E-state index in [-0.39, 0.29) is 31.7 Å². The Morgan fingerprint density at radius 3 is 2.49 bits per heavy atom. The number of nitrogens with zero attached hydrogens (tertiary/aromatic N) is 4. The van der Waals surface area contributed by atoms with E-state index in [1.807, 2.05) is 5.06 Å². The van der Waals surface area contributed by atoms with E-state index in [1.54, 1.807) is 0 Å². The molecule has 0 amide bonds. The SMILES string of the molecule is CO[C@H]1C(OP(OCCC#N)N(C(C)C)C(C)C)[C@@H](CON2CCCCC2)O[C@H]1n1ccc(=O)[nH]c1=O. The second-order valence-corrected chi connectivity index (χ2v) is 11.1. The highest BCUT2D eigenvalue weighted by molar-refractivity contribution is 7.44. The Morgan fingerprint density at radius 1 is 1.19 bits per heavy atom. The summed E-state index contributed by atoms with van der Waals surface area (Å²) in [5, 5.41) is 11.0. The largest absolute Gasteiger partial charge is 0.374 e. The van der Waals surface area contributed by atoms with Gasteiger partial charge in [-0.1, -0.05) is 6.42 Å². The molecule has 3 rings (SSSR count). The maximum atomic E-state index is 12.6. The molecule has 1 aromatic heterocycles. The van der Waals surface area contributed by atoms with Crippen LogP contribution >= 0.6 is 8.53 Å². The number of nitriles is 1. The molecule has 0 saturated carbocycles. The maximum Gasteiger partial charge on any atom is 0.330 e. The molecule has 13 heteroatoms. The van der Waals surface area contributed by atoms with Crippen LogP contribution in [0.1, 0.15) is 59.6 Å². The van der Waals surface area contributed by atoms with Crippen LogP contribution in [-0.2, 0) is 23.4 Å². The van der Waals surface area contributed by atoms with E-state index < -0.39 is 44.3 Å². The highest BCUT2D eigenvalue weighted by atomic mass is 31.2. The summed E-state index contributed by atoms with van der Waals surface area (Å²) in [4.78, 5) is 32.6. The molecular formula is C24H40N5O7P. The Kier molecular flexibility index (Phi) is 11.7. The number of hydrogen-bond acceptors (Lipinski definition) is 10. The van der Waals surface area contributed by atoms with Gasteiger partial charge in [-0.2, -0.15) is 10.3 Å². The zero-order chi connectivity index (χ0) is 26.9. The summed E-state index contributed by atoms with van der Waals surface area (Å²) >= 11 is 0. The molecule has 3 heterocycles. The molecule has 0 aromatic carbocycles. The van der Waals surface area contributed by atoms with E-state index in [0.717, 1.165) is 25.9 Å². The molecule has 2 aliphatic heterocycles. The molecule has 5 atom stereocenters. The van der Waals surface area contributed by atoms with Gasteiger partial charge in [0.1, 0.15) is 18.3 Å². The van der Waals surface area contributed by atoms with Crippen LogP contribution < -0.4 is 11.2 Å². The quantitative estimate of drug-likeness (QED) is 0.294. The van der Waals surface area contributed by atoms with Crippen LogP contribution in [0.2, 0.25) is 0 Å². The third-order valence-corrected chi connectivity index (χ3v) is 8.42. The second-order valence-electron chi connectivity index (χ2n) is 9.68. The number of aromatic amines is 1. The fourth-order valence-electron chi connectivity index (χ4n) is 4.64. The molecule has 0 bridgehead atoms. The minimum Gasteiger partial charge on any atom is -0.374 e. The highest BCUT2D eigenvalue weighted by Crippen LogP contribution is 2.50. The molecule has 12 nitrogen and oxygen atoms in total. The average Bonchev–Trinajstić information content (AvgIpc) is 3.19. The van der Waals surface area contributed by atoms with Gasteiger partial charge >= 0.3 is 5.69 Å². The van der Waals surface area contributed by atoms with E-state index in [1.165, 1.54) is 30.4 Å². The van der Waals surface area contributed by atoms with E-state index in [4.69, 9.17) is 28.6 Å². The van der Waals surface area contributed by atoms with Gasteiger partial charge in [0, 0.05) is 44.5 Å². The van der Waals surface area contributed by atoms with Crippen molar-refractivity contribution >= 4 is 8.53 Å². The lowest BCUT2D eigenvalue weighted by atomic mass is 10.1. The zero-order valence-electron chi connectivity index (χ0n) is 22.4. The van der Waals surface area contributed by atoms with Crippen molar-refractivity contribution in [2.75, 3.05) is 33.4 Å². The van der Waals surface area contributed by atoms with Crippen LogP contribution in [0.5, 0.6) is 0 Å². The maximum absolute atomic E-state index is 12.6. The predicted molar refractivity (Wildman–Crippen MR) is 137 cm³/mol. The monoisotopic (exact) mass is 541 g/mol. The normalized spacial score (nSPS) is 25.7. The number of ether oxygens (including phenoxy) is 2. The average molecular weight is 542 g/mol. The number of rotatable bonds is 13. The molecule has 37 heavy (non-hydrogen) atoms. The third kappa shape index (κ3) is 7.91. The van der Waals surface area contributed by atoms with Gasteiger partial charge in [-0.15, -0.1) is 0 Å². The molecule has 2 aliphatic rings. The first-order chi connectivity index (χ1) is 17.8. The number of H-pyrrole nitrogens is 1. The number of methoxy groups -OCH3 is 1. The van der Waals surface area contributed by atoms with Gasteiger partial charge in [0.15, 0.2) is 6.23 Å². The van der Waals surface area contributed by atoms with Crippen molar-refractivity contribution in [1.82, 2.24) is 19.3 Å². The van der Waals surface area contributed by atoms with E-state index in [2.05, 4.69) is 43.4 Å². The Hall–Kier alpha value is -1.68. The first kappa shape index (κ1) is 29.9. The third-order valence-electron chi connectivity index (χ3n) is 6.29. The van der Waals surface area contributed by atoms with Crippen LogP contribution in [0.3, 0.4) is 0 Å². The lowest BCUT2D eigenvalue weighted by Crippen LogP contribution is -2.42. The summed E-state index contributed by atoms with van der Waals surface area (Å²) in [6.45, 7) is 10.3. The van der Waals surface area contributed by atoms with Crippen LogP contribution in [0.25, 0.3) is 0 Å². The van der Waals surface area contributed by atoms with Gasteiger partial charge in [-0.25, -0.2) is 9.46 Å². The van der Waals surface area contributed by atoms with Crippen molar-refractivity contribution in [3.05, 3.63) is 33.1 Å². The van der Waals surface area contributed by atoms with Gasteiger partial charge in [0.2, 0.25) is 0 Å². The molecular weight excluding hydrogens is 501 g/mol. The van der Waals surface area contributed by atoms with Crippen molar-refractivity contribution in [2.45, 2.75) is 90.0 Å². The fourth-order valence-corrected chi connectivity index (χ4v) is 6.41. The summed E-state index contributed by atoms with van der Waals surface area (Å²) in [6, 6.07) is 3.59. The Labute approximate surface area is 219 Å². The molecule has 2 fully saturated rings. The molecule has 2 unspecified atom stereocenters. The topological polar surface area (TPSA) is 131 Å².